The number of hydrogen-bond donors (Lipinski definition) is 2. The van der Waals surface area contributed by atoms with Gasteiger partial charge in [-0.1, -0.05) is 38.1 Å². The predicted octanol–water partition coefficient (Wildman–Crippen LogP) is 1.16. The molecule has 2 N–H and O–H groups in total. The molecule has 0 fully saturated rings. The number of carbonyl (C=O) groups excluding carboxylic acids is 1. The highest BCUT2D eigenvalue weighted by atomic mass is 16.5. The molecule has 1 rings (SSSR count). The van der Waals surface area contributed by atoms with Gasteiger partial charge in [0.1, 0.15) is 0 Å². The lowest BCUT2D eigenvalue weighted by Crippen LogP contribution is -2.26. The van der Waals surface area contributed by atoms with Crippen molar-refractivity contribution in [2.45, 2.75) is 25.4 Å². The van der Waals surface area contributed by atoms with Crippen LogP contribution in [0.3, 0.4) is 0 Å². The van der Waals surface area contributed by atoms with Gasteiger partial charge in [-0.25, -0.2) is 4.79 Å². The van der Waals surface area contributed by atoms with Crippen LogP contribution in [0.1, 0.15) is 31.1 Å². The summed E-state index contributed by atoms with van der Waals surface area (Å²) in [5.41, 5.74) is 0.685. The molecule has 0 radical (unpaired) electrons. The minimum absolute atomic E-state index is 0.0715. The van der Waals surface area contributed by atoms with Crippen molar-refractivity contribution < 1.29 is 19.7 Å². The van der Waals surface area contributed by atoms with Crippen molar-refractivity contribution in [3.05, 3.63) is 35.4 Å². The van der Waals surface area contributed by atoms with Gasteiger partial charge in [0.15, 0.2) is 6.10 Å². The zero-order valence-corrected chi connectivity index (χ0v) is 10.3. The van der Waals surface area contributed by atoms with Crippen molar-refractivity contribution in [3.8, 4) is 0 Å². The number of esters is 1. The first kappa shape index (κ1) is 13.7. The molecule has 0 heterocycles. The summed E-state index contributed by atoms with van der Waals surface area (Å²) >= 11 is 0. The van der Waals surface area contributed by atoms with E-state index < -0.39 is 17.5 Å². The van der Waals surface area contributed by atoms with Crippen molar-refractivity contribution in [1.82, 2.24) is 0 Å². The number of methoxy groups -OCH3 is 1. The quantitative estimate of drug-likeness (QED) is 0.772. The van der Waals surface area contributed by atoms with E-state index in [-0.39, 0.29) is 6.61 Å². The van der Waals surface area contributed by atoms with Gasteiger partial charge in [0.25, 0.3) is 0 Å². The molecule has 94 valence electrons. The van der Waals surface area contributed by atoms with Gasteiger partial charge in [0, 0.05) is 5.41 Å². The standard InChI is InChI=1S/C13H18O4/c1-13(2,8-14)10-7-5-4-6-9(10)11(15)12(16)17-3/h4-7,11,14-15H,8H2,1-3H3. The number of aliphatic hydroxyl groups is 2. The van der Waals surface area contributed by atoms with Crippen molar-refractivity contribution in [1.29, 1.82) is 0 Å². The first-order valence-corrected chi connectivity index (χ1v) is 5.40. The second-order valence-corrected chi connectivity index (χ2v) is 4.55. The zero-order chi connectivity index (χ0) is 13.1. The van der Waals surface area contributed by atoms with E-state index in [1.807, 2.05) is 13.8 Å². The highest BCUT2D eigenvalue weighted by Gasteiger charge is 2.28. The fraction of sp³-hybridized carbons (Fsp3) is 0.462. The molecular formula is C13H18O4. The largest absolute Gasteiger partial charge is 0.467 e. The van der Waals surface area contributed by atoms with Gasteiger partial charge in [0.2, 0.25) is 0 Å². The lowest BCUT2D eigenvalue weighted by molar-refractivity contribution is -0.150. The van der Waals surface area contributed by atoms with Crippen LogP contribution in [0.5, 0.6) is 0 Å². The Morgan fingerprint density at radius 2 is 2.00 bits per heavy atom. The Kier molecular flexibility index (Phi) is 4.26. The first-order chi connectivity index (χ1) is 7.94. The summed E-state index contributed by atoms with van der Waals surface area (Å²) in [6.07, 6.45) is -1.32. The molecule has 0 aliphatic carbocycles. The maximum absolute atomic E-state index is 11.3. The molecule has 0 amide bonds. The van der Waals surface area contributed by atoms with Crippen LogP contribution < -0.4 is 0 Å². The summed E-state index contributed by atoms with van der Waals surface area (Å²) < 4.78 is 4.52. The second kappa shape index (κ2) is 5.29. The maximum Gasteiger partial charge on any atom is 0.339 e. The normalized spacial score (nSPS) is 13.2. The van der Waals surface area contributed by atoms with E-state index in [1.54, 1.807) is 24.3 Å². The van der Waals surface area contributed by atoms with E-state index in [1.165, 1.54) is 7.11 Å². The molecule has 0 saturated heterocycles. The summed E-state index contributed by atoms with van der Waals surface area (Å²) in [7, 11) is 1.23. The van der Waals surface area contributed by atoms with E-state index in [4.69, 9.17) is 0 Å². The summed E-state index contributed by atoms with van der Waals surface area (Å²) in [6, 6.07) is 6.99. The molecule has 0 bridgehead atoms. The molecule has 4 nitrogen and oxygen atoms in total. The Labute approximate surface area is 101 Å². The van der Waals surface area contributed by atoms with Gasteiger partial charge in [-0.2, -0.15) is 0 Å². The number of carbonyl (C=O) groups is 1. The van der Waals surface area contributed by atoms with Gasteiger partial charge in [-0.05, 0) is 11.1 Å². The van der Waals surface area contributed by atoms with Crippen LogP contribution in [0.2, 0.25) is 0 Å². The Hall–Kier alpha value is -1.39. The molecule has 1 atom stereocenters. The minimum atomic E-state index is -1.32. The molecule has 4 heteroatoms. The van der Waals surface area contributed by atoms with Crippen molar-refractivity contribution in [2.24, 2.45) is 0 Å². The maximum atomic E-state index is 11.3. The van der Waals surface area contributed by atoms with Crippen molar-refractivity contribution in [3.63, 3.8) is 0 Å². The molecular weight excluding hydrogens is 220 g/mol. The average Bonchev–Trinajstić information content (AvgIpc) is 2.36. The number of ether oxygens (including phenoxy) is 1. The molecule has 17 heavy (non-hydrogen) atoms. The topological polar surface area (TPSA) is 66.8 Å². The van der Waals surface area contributed by atoms with Crippen LogP contribution in [-0.4, -0.2) is 29.9 Å². The Balaban J connectivity index is 3.21. The van der Waals surface area contributed by atoms with Crippen molar-refractivity contribution >= 4 is 5.97 Å². The number of aliphatic hydroxyl groups excluding tert-OH is 2. The fourth-order valence-corrected chi connectivity index (χ4v) is 1.68. The summed E-state index contributed by atoms with van der Waals surface area (Å²) in [4.78, 5) is 11.3. The molecule has 0 aliphatic rings. The monoisotopic (exact) mass is 238 g/mol. The van der Waals surface area contributed by atoms with E-state index >= 15 is 0 Å². The van der Waals surface area contributed by atoms with Gasteiger partial charge in [0.05, 0.1) is 13.7 Å². The highest BCUT2D eigenvalue weighted by Crippen LogP contribution is 2.30. The second-order valence-electron chi connectivity index (χ2n) is 4.55. The van der Waals surface area contributed by atoms with E-state index in [9.17, 15) is 15.0 Å². The molecule has 1 unspecified atom stereocenters. The predicted molar refractivity (Wildman–Crippen MR) is 63.5 cm³/mol. The lowest BCUT2D eigenvalue weighted by Gasteiger charge is -2.26. The van der Waals surface area contributed by atoms with Crippen LogP contribution in [0.25, 0.3) is 0 Å². The van der Waals surface area contributed by atoms with E-state index in [0.717, 1.165) is 5.56 Å². The minimum Gasteiger partial charge on any atom is -0.467 e. The van der Waals surface area contributed by atoms with Crippen LogP contribution >= 0.6 is 0 Å². The molecule has 1 aromatic carbocycles. The summed E-state index contributed by atoms with van der Waals surface area (Å²) in [5, 5.41) is 19.2. The Morgan fingerprint density at radius 1 is 1.41 bits per heavy atom. The zero-order valence-electron chi connectivity index (χ0n) is 10.3. The number of benzene rings is 1. The third-order valence-corrected chi connectivity index (χ3v) is 2.80. The van der Waals surface area contributed by atoms with Crippen LogP contribution in [0, 0.1) is 0 Å². The lowest BCUT2D eigenvalue weighted by atomic mass is 9.81. The summed E-state index contributed by atoms with van der Waals surface area (Å²) in [6.45, 7) is 3.61. The highest BCUT2D eigenvalue weighted by molar-refractivity contribution is 5.76. The van der Waals surface area contributed by atoms with Crippen LogP contribution in [0.4, 0.5) is 0 Å². The van der Waals surface area contributed by atoms with Gasteiger partial charge in [-0.3, -0.25) is 0 Å². The Bertz CT molecular complexity index is 398. The van der Waals surface area contributed by atoms with Crippen molar-refractivity contribution in [2.75, 3.05) is 13.7 Å². The number of rotatable bonds is 4. The van der Waals surface area contributed by atoms with E-state index in [2.05, 4.69) is 4.74 Å². The van der Waals surface area contributed by atoms with Crippen LogP contribution in [0.15, 0.2) is 24.3 Å². The third kappa shape index (κ3) is 2.84. The fourth-order valence-electron chi connectivity index (χ4n) is 1.68. The molecule has 0 spiro atoms. The first-order valence-electron chi connectivity index (χ1n) is 5.40. The third-order valence-electron chi connectivity index (χ3n) is 2.80. The van der Waals surface area contributed by atoms with Gasteiger partial charge < -0.3 is 14.9 Å². The molecule has 0 saturated carbocycles. The SMILES string of the molecule is COC(=O)C(O)c1ccccc1C(C)(C)CO. The Morgan fingerprint density at radius 3 is 2.53 bits per heavy atom. The van der Waals surface area contributed by atoms with Gasteiger partial charge >= 0.3 is 5.97 Å². The smallest absolute Gasteiger partial charge is 0.339 e. The van der Waals surface area contributed by atoms with Gasteiger partial charge in [-0.15, -0.1) is 0 Å². The summed E-state index contributed by atoms with van der Waals surface area (Å²) in [5.74, 6) is -0.703. The molecule has 1 aromatic rings. The van der Waals surface area contributed by atoms with Crippen LogP contribution in [-0.2, 0) is 14.9 Å². The number of hydrogen-bond acceptors (Lipinski definition) is 4. The average molecular weight is 238 g/mol. The molecule has 0 aliphatic heterocycles. The molecule has 0 aromatic heterocycles. The van der Waals surface area contributed by atoms with E-state index in [0.29, 0.717) is 5.56 Å².